The largest absolute Gasteiger partial charge is 0.352 e. The molecule has 0 aliphatic rings. The van der Waals surface area contributed by atoms with E-state index in [1.807, 2.05) is 37.3 Å². The second-order valence-electron chi connectivity index (χ2n) is 7.05. The van der Waals surface area contributed by atoms with Crippen LogP contribution in [-0.4, -0.2) is 22.0 Å². The molecule has 0 atom stereocenters. The predicted octanol–water partition coefficient (Wildman–Crippen LogP) is 4.90. The highest BCUT2D eigenvalue weighted by molar-refractivity contribution is 5.95. The lowest BCUT2D eigenvalue weighted by molar-refractivity contribution is 0.0952. The summed E-state index contributed by atoms with van der Waals surface area (Å²) in [7, 11) is 0. The molecule has 3 aromatic rings. The SMILES string of the molecule is CCCCCn1c(CCCNC(=O)c2ccccc2C)nc2ccccc21. The summed E-state index contributed by atoms with van der Waals surface area (Å²) in [6, 6.07) is 16.0. The van der Waals surface area contributed by atoms with Gasteiger partial charge in [-0.1, -0.05) is 50.1 Å². The van der Waals surface area contributed by atoms with Gasteiger partial charge in [0, 0.05) is 25.1 Å². The molecule has 0 radical (unpaired) electrons. The Labute approximate surface area is 161 Å². The van der Waals surface area contributed by atoms with Crippen LogP contribution in [0.5, 0.6) is 0 Å². The van der Waals surface area contributed by atoms with Crippen molar-refractivity contribution in [3.63, 3.8) is 0 Å². The summed E-state index contributed by atoms with van der Waals surface area (Å²) in [6.45, 7) is 5.86. The molecule has 0 saturated carbocycles. The van der Waals surface area contributed by atoms with Crippen LogP contribution in [0.1, 0.15) is 54.4 Å². The number of benzene rings is 2. The normalized spacial score (nSPS) is 11.0. The highest BCUT2D eigenvalue weighted by Crippen LogP contribution is 2.18. The summed E-state index contributed by atoms with van der Waals surface area (Å²) in [5.74, 6) is 1.13. The van der Waals surface area contributed by atoms with Gasteiger partial charge in [0.15, 0.2) is 0 Å². The van der Waals surface area contributed by atoms with Gasteiger partial charge in [0.25, 0.3) is 5.91 Å². The van der Waals surface area contributed by atoms with E-state index in [4.69, 9.17) is 4.98 Å². The smallest absolute Gasteiger partial charge is 0.251 e. The molecule has 1 N–H and O–H groups in total. The van der Waals surface area contributed by atoms with E-state index in [1.54, 1.807) is 0 Å². The summed E-state index contributed by atoms with van der Waals surface area (Å²) in [6.07, 6.45) is 5.38. The molecule has 1 amide bonds. The second-order valence-corrected chi connectivity index (χ2v) is 7.05. The van der Waals surface area contributed by atoms with Gasteiger partial charge in [-0.05, 0) is 43.5 Å². The molecule has 1 heterocycles. The Balaban J connectivity index is 1.60. The number of aromatic nitrogens is 2. The molecular weight excluding hydrogens is 334 g/mol. The van der Waals surface area contributed by atoms with Gasteiger partial charge in [-0.25, -0.2) is 4.98 Å². The lowest BCUT2D eigenvalue weighted by Gasteiger charge is -2.10. The zero-order valence-corrected chi connectivity index (χ0v) is 16.4. The molecule has 1 aromatic heterocycles. The molecular formula is C23H29N3O. The number of nitrogens with one attached hydrogen (secondary N) is 1. The van der Waals surface area contributed by atoms with Gasteiger partial charge in [-0.3, -0.25) is 4.79 Å². The molecule has 2 aromatic carbocycles. The van der Waals surface area contributed by atoms with Crippen molar-refractivity contribution in [3.8, 4) is 0 Å². The number of hydrogen-bond donors (Lipinski definition) is 1. The molecule has 4 heteroatoms. The fourth-order valence-electron chi connectivity index (χ4n) is 3.46. The lowest BCUT2D eigenvalue weighted by atomic mass is 10.1. The minimum atomic E-state index is 0.00421. The van der Waals surface area contributed by atoms with E-state index in [0.717, 1.165) is 41.9 Å². The van der Waals surface area contributed by atoms with Crippen LogP contribution >= 0.6 is 0 Å². The second kappa shape index (κ2) is 9.36. The lowest BCUT2D eigenvalue weighted by Crippen LogP contribution is -2.25. The van der Waals surface area contributed by atoms with Crippen LogP contribution in [0.3, 0.4) is 0 Å². The van der Waals surface area contributed by atoms with Crippen molar-refractivity contribution in [2.45, 2.75) is 52.5 Å². The van der Waals surface area contributed by atoms with Crippen LogP contribution in [-0.2, 0) is 13.0 Å². The van der Waals surface area contributed by atoms with Crippen molar-refractivity contribution in [3.05, 3.63) is 65.5 Å². The van der Waals surface area contributed by atoms with Crippen molar-refractivity contribution in [2.24, 2.45) is 0 Å². The Morgan fingerprint density at radius 3 is 2.63 bits per heavy atom. The summed E-state index contributed by atoms with van der Waals surface area (Å²) >= 11 is 0. The van der Waals surface area contributed by atoms with Crippen molar-refractivity contribution in [1.29, 1.82) is 0 Å². The Hall–Kier alpha value is -2.62. The fraction of sp³-hybridized carbons (Fsp3) is 0.391. The standard InChI is InChI=1S/C23H29N3O/c1-3-4-9-17-26-21-14-8-7-13-20(21)25-22(26)15-10-16-24-23(27)19-12-6-5-11-18(19)2/h5-8,11-14H,3-4,9-10,15-17H2,1-2H3,(H,24,27). The van der Waals surface area contributed by atoms with Gasteiger partial charge in [0.05, 0.1) is 11.0 Å². The Morgan fingerprint density at radius 1 is 1.04 bits per heavy atom. The van der Waals surface area contributed by atoms with Crippen LogP contribution in [0.4, 0.5) is 0 Å². The molecule has 0 bridgehead atoms. The van der Waals surface area contributed by atoms with E-state index in [2.05, 4.69) is 35.0 Å². The minimum absolute atomic E-state index is 0.00421. The maximum Gasteiger partial charge on any atom is 0.251 e. The fourth-order valence-corrected chi connectivity index (χ4v) is 3.46. The van der Waals surface area contributed by atoms with Crippen molar-refractivity contribution >= 4 is 16.9 Å². The Kier molecular flexibility index (Phi) is 6.64. The molecule has 3 rings (SSSR count). The van der Waals surface area contributed by atoms with Gasteiger partial charge in [0.2, 0.25) is 0 Å². The molecule has 4 nitrogen and oxygen atoms in total. The first kappa shape index (κ1) is 19.2. The van der Waals surface area contributed by atoms with E-state index in [9.17, 15) is 4.79 Å². The number of rotatable bonds is 9. The van der Waals surface area contributed by atoms with E-state index < -0.39 is 0 Å². The predicted molar refractivity (Wildman–Crippen MR) is 111 cm³/mol. The summed E-state index contributed by atoms with van der Waals surface area (Å²) < 4.78 is 2.36. The van der Waals surface area contributed by atoms with Gasteiger partial charge < -0.3 is 9.88 Å². The van der Waals surface area contributed by atoms with E-state index in [-0.39, 0.29) is 5.91 Å². The average Bonchev–Trinajstić information content (AvgIpc) is 3.03. The number of nitrogens with zero attached hydrogens (tertiary/aromatic N) is 2. The first-order valence-corrected chi connectivity index (χ1v) is 9.98. The van der Waals surface area contributed by atoms with Gasteiger partial charge >= 0.3 is 0 Å². The summed E-state index contributed by atoms with van der Waals surface area (Å²) in [4.78, 5) is 17.2. The number of amides is 1. The number of carbonyl (C=O) groups excluding carboxylic acids is 1. The molecule has 142 valence electrons. The zero-order valence-electron chi connectivity index (χ0n) is 16.4. The van der Waals surface area contributed by atoms with Gasteiger partial charge in [-0.15, -0.1) is 0 Å². The monoisotopic (exact) mass is 363 g/mol. The first-order chi connectivity index (χ1) is 13.2. The molecule has 0 aliphatic heterocycles. The molecule has 0 spiro atoms. The average molecular weight is 364 g/mol. The molecule has 0 fully saturated rings. The van der Waals surface area contributed by atoms with Crippen molar-refractivity contribution < 1.29 is 4.79 Å². The van der Waals surface area contributed by atoms with Crippen LogP contribution in [0, 0.1) is 6.92 Å². The zero-order chi connectivity index (χ0) is 19.1. The highest BCUT2D eigenvalue weighted by Gasteiger charge is 2.11. The van der Waals surface area contributed by atoms with Gasteiger partial charge in [-0.2, -0.15) is 0 Å². The van der Waals surface area contributed by atoms with Crippen LogP contribution in [0.15, 0.2) is 48.5 Å². The first-order valence-electron chi connectivity index (χ1n) is 9.98. The number of para-hydroxylation sites is 2. The van der Waals surface area contributed by atoms with Crippen LogP contribution in [0.25, 0.3) is 11.0 Å². The molecule has 0 aliphatic carbocycles. The summed E-state index contributed by atoms with van der Waals surface area (Å²) in [5, 5.41) is 3.04. The third-order valence-corrected chi connectivity index (χ3v) is 4.97. The molecule has 0 unspecified atom stereocenters. The quantitative estimate of drug-likeness (QED) is 0.550. The number of aryl methyl sites for hydroxylation is 3. The van der Waals surface area contributed by atoms with Crippen molar-refractivity contribution in [2.75, 3.05) is 6.54 Å². The van der Waals surface area contributed by atoms with Crippen molar-refractivity contribution in [1.82, 2.24) is 14.9 Å². The number of hydrogen-bond acceptors (Lipinski definition) is 2. The Bertz CT molecular complexity index is 898. The van der Waals surface area contributed by atoms with Crippen LogP contribution in [0.2, 0.25) is 0 Å². The third kappa shape index (κ3) is 4.76. The molecule has 0 saturated heterocycles. The third-order valence-electron chi connectivity index (χ3n) is 4.97. The number of imidazole rings is 1. The van der Waals surface area contributed by atoms with E-state index in [0.29, 0.717) is 6.54 Å². The van der Waals surface area contributed by atoms with E-state index >= 15 is 0 Å². The number of unbranched alkanes of at least 4 members (excludes halogenated alkanes) is 2. The van der Waals surface area contributed by atoms with Gasteiger partial charge in [0.1, 0.15) is 5.82 Å². The Morgan fingerprint density at radius 2 is 1.81 bits per heavy atom. The maximum atomic E-state index is 12.3. The number of fused-ring (bicyclic) bond motifs is 1. The van der Waals surface area contributed by atoms with Crippen LogP contribution < -0.4 is 5.32 Å². The topological polar surface area (TPSA) is 46.9 Å². The minimum Gasteiger partial charge on any atom is -0.352 e. The number of carbonyl (C=O) groups is 1. The maximum absolute atomic E-state index is 12.3. The molecule has 27 heavy (non-hydrogen) atoms. The summed E-state index contributed by atoms with van der Waals surface area (Å²) in [5.41, 5.74) is 4.04. The highest BCUT2D eigenvalue weighted by atomic mass is 16.1. The van der Waals surface area contributed by atoms with E-state index in [1.165, 1.54) is 24.8 Å².